The van der Waals surface area contributed by atoms with Gasteiger partial charge in [0.1, 0.15) is 17.5 Å². The highest BCUT2D eigenvalue weighted by atomic mass is 32.2. The molecule has 22 heavy (non-hydrogen) atoms. The fraction of sp³-hybridized carbons (Fsp3) is 0.733. The first-order valence-corrected chi connectivity index (χ1v) is 8.93. The summed E-state index contributed by atoms with van der Waals surface area (Å²) in [6.45, 7) is 9.15. The molecule has 0 aliphatic carbocycles. The van der Waals surface area contributed by atoms with E-state index in [-0.39, 0.29) is 17.4 Å². The molecule has 7 heteroatoms. The van der Waals surface area contributed by atoms with Gasteiger partial charge in [0.2, 0.25) is 0 Å². The summed E-state index contributed by atoms with van der Waals surface area (Å²) < 4.78 is 12.9. The Balaban J connectivity index is 2.00. The smallest absolute Gasteiger partial charge is 0.351 e. The number of nitrogens with zero attached hydrogens (tertiary/aromatic N) is 3. The Hall–Kier alpha value is -1.05. The maximum Gasteiger partial charge on any atom is 0.351 e. The average molecular weight is 327 g/mol. The molecule has 1 aliphatic rings. The predicted octanol–water partition coefficient (Wildman–Crippen LogP) is 2.10. The molecular weight excluding hydrogens is 302 g/mol. The van der Waals surface area contributed by atoms with E-state index in [1.807, 2.05) is 19.9 Å². The summed E-state index contributed by atoms with van der Waals surface area (Å²) in [6.07, 6.45) is 2.52. The molecule has 0 saturated carbocycles. The van der Waals surface area contributed by atoms with Gasteiger partial charge in [-0.25, -0.2) is 4.79 Å². The third kappa shape index (κ3) is 4.24. The maximum absolute atomic E-state index is 12.2. The summed E-state index contributed by atoms with van der Waals surface area (Å²) in [5.74, 6) is 1.46. The Bertz CT molecular complexity index is 519. The van der Waals surface area contributed by atoms with Crippen molar-refractivity contribution in [1.29, 1.82) is 0 Å². The normalized spacial score (nSPS) is 21.2. The van der Waals surface area contributed by atoms with Gasteiger partial charge >= 0.3 is 5.69 Å². The van der Waals surface area contributed by atoms with Gasteiger partial charge in [-0.3, -0.25) is 4.57 Å². The molecule has 1 aromatic rings. The molecule has 124 valence electrons. The van der Waals surface area contributed by atoms with Gasteiger partial charge in [0.25, 0.3) is 0 Å². The summed E-state index contributed by atoms with van der Waals surface area (Å²) in [7, 11) is 0. The molecule has 1 aromatic heterocycles. The minimum Gasteiger partial charge on any atom is -0.378 e. The molecule has 0 N–H and O–H groups in total. The molecule has 2 rings (SSSR count). The minimum absolute atomic E-state index is 0.00842. The third-order valence-electron chi connectivity index (χ3n) is 3.55. The number of ether oxygens (including phenoxy) is 2. The molecule has 0 radical (unpaired) electrons. The van der Waals surface area contributed by atoms with Crippen LogP contribution in [0.1, 0.15) is 33.4 Å². The molecule has 0 bridgehead atoms. The molecule has 2 atom stereocenters. The lowest BCUT2D eigenvalue weighted by molar-refractivity contribution is -0.0245. The van der Waals surface area contributed by atoms with Gasteiger partial charge in [-0.1, -0.05) is 6.92 Å². The van der Waals surface area contributed by atoms with Crippen molar-refractivity contribution in [2.75, 3.05) is 37.0 Å². The summed E-state index contributed by atoms with van der Waals surface area (Å²) in [5, 5.41) is 0. The Kier molecular flexibility index (Phi) is 6.72. The van der Waals surface area contributed by atoms with E-state index in [0.29, 0.717) is 6.61 Å². The van der Waals surface area contributed by atoms with E-state index in [1.165, 1.54) is 0 Å². The molecular formula is C15H25N3O3S. The van der Waals surface area contributed by atoms with Crippen molar-refractivity contribution in [3.63, 3.8) is 0 Å². The van der Waals surface area contributed by atoms with Crippen LogP contribution in [0.15, 0.2) is 17.1 Å². The van der Waals surface area contributed by atoms with E-state index >= 15 is 0 Å². The van der Waals surface area contributed by atoms with Gasteiger partial charge in [0.05, 0.1) is 6.61 Å². The van der Waals surface area contributed by atoms with E-state index in [0.717, 1.165) is 37.7 Å². The highest BCUT2D eigenvalue weighted by molar-refractivity contribution is 8.00. The molecule has 0 aromatic carbocycles. The number of rotatable bonds is 8. The van der Waals surface area contributed by atoms with Crippen LogP contribution in [0.3, 0.4) is 0 Å². The summed E-state index contributed by atoms with van der Waals surface area (Å²) in [5.41, 5.74) is -0.268. The highest BCUT2D eigenvalue weighted by Crippen LogP contribution is 2.31. The number of anilines is 1. The zero-order valence-corrected chi connectivity index (χ0v) is 14.3. The van der Waals surface area contributed by atoms with Crippen molar-refractivity contribution >= 4 is 17.6 Å². The van der Waals surface area contributed by atoms with Crippen LogP contribution < -0.4 is 10.6 Å². The Labute approximate surface area is 135 Å². The van der Waals surface area contributed by atoms with Crippen LogP contribution in [-0.4, -0.2) is 47.0 Å². The van der Waals surface area contributed by atoms with E-state index < -0.39 is 0 Å². The van der Waals surface area contributed by atoms with Crippen LogP contribution in [0.4, 0.5) is 5.82 Å². The minimum atomic E-state index is -0.259. The second-order valence-corrected chi connectivity index (χ2v) is 6.27. The molecule has 0 spiro atoms. The van der Waals surface area contributed by atoms with Gasteiger partial charge in [0, 0.05) is 31.6 Å². The zero-order chi connectivity index (χ0) is 15.9. The quantitative estimate of drug-likeness (QED) is 0.682. The summed E-state index contributed by atoms with van der Waals surface area (Å²) in [4.78, 5) is 18.5. The predicted molar refractivity (Wildman–Crippen MR) is 89.5 cm³/mol. The van der Waals surface area contributed by atoms with Crippen LogP contribution in [0, 0.1) is 0 Å². The lowest BCUT2D eigenvalue weighted by Crippen LogP contribution is -2.32. The third-order valence-corrected chi connectivity index (χ3v) is 4.65. The standard InChI is InChI=1S/C15H25N3O3S/c1-4-9-20-10-14-21-13(11-22-14)18-8-7-12(16-15(18)19)17(5-2)6-3/h7-8,13-14H,4-6,9-11H2,1-3H3/t13-,14?/m0/s1. The first-order chi connectivity index (χ1) is 10.7. The van der Waals surface area contributed by atoms with Crippen molar-refractivity contribution in [3.05, 3.63) is 22.7 Å². The maximum atomic E-state index is 12.2. The number of hydrogen-bond donors (Lipinski definition) is 0. The highest BCUT2D eigenvalue weighted by Gasteiger charge is 2.28. The SMILES string of the molecule is CCCOCC1O[C@H](n2ccc(N(CC)CC)nc2=O)CS1. The van der Waals surface area contributed by atoms with E-state index in [1.54, 1.807) is 22.5 Å². The fourth-order valence-corrected chi connectivity index (χ4v) is 3.36. The Morgan fingerprint density at radius 2 is 2.23 bits per heavy atom. The largest absolute Gasteiger partial charge is 0.378 e. The van der Waals surface area contributed by atoms with Crippen molar-refractivity contribution in [1.82, 2.24) is 9.55 Å². The van der Waals surface area contributed by atoms with Crippen molar-refractivity contribution in [2.24, 2.45) is 0 Å². The molecule has 1 unspecified atom stereocenters. The van der Waals surface area contributed by atoms with E-state index in [2.05, 4.69) is 16.8 Å². The molecule has 6 nitrogen and oxygen atoms in total. The van der Waals surface area contributed by atoms with Crippen LogP contribution in [0.2, 0.25) is 0 Å². The van der Waals surface area contributed by atoms with Gasteiger partial charge in [-0.15, -0.1) is 11.8 Å². The lowest BCUT2D eigenvalue weighted by atomic mass is 10.4. The first-order valence-electron chi connectivity index (χ1n) is 7.88. The lowest BCUT2D eigenvalue weighted by Gasteiger charge is -2.20. The van der Waals surface area contributed by atoms with Crippen LogP contribution in [0.5, 0.6) is 0 Å². The summed E-state index contributed by atoms with van der Waals surface area (Å²) >= 11 is 1.68. The second-order valence-electron chi connectivity index (χ2n) is 5.08. The first kappa shape index (κ1) is 17.3. The Morgan fingerprint density at radius 1 is 1.45 bits per heavy atom. The molecule has 1 aliphatic heterocycles. The topological polar surface area (TPSA) is 56.6 Å². The van der Waals surface area contributed by atoms with Crippen molar-refractivity contribution < 1.29 is 9.47 Å². The van der Waals surface area contributed by atoms with Gasteiger partial charge in [-0.2, -0.15) is 4.98 Å². The molecule has 0 amide bonds. The number of hydrogen-bond acceptors (Lipinski definition) is 6. The van der Waals surface area contributed by atoms with Gasteiger partial charge < -0.3 is 14.4 Å². The molecule has 1 saturated heterocycles. The monoisotopic (exact) mass is 327 g/mol. The van der Waals surface area contributed by atoms with Crippen LogP contribution in [0.25, 0.3) is 0 Å². The number of thioether (sulfide) groups is 1. The zero-order valence-electron chi connectivity index (χ0n) is 13.5. The van der Waals surface area contributed by atoms with Gasteiger partial charge in [0.15, 0.2) is 0 Å². The van der Waals surface area contributed by atoms with Gasteiger partial charge in [-0.05, 0) is 26.3 Å². The van der Waals surface area contributed by atoms with Crippen LogP contribution >= 0.6 is 11.8 Å². The second kappa shape index (κ2) is 8.55. The fourth-order valence-electron chi connectivity index (χ4n) is 2.35. The van der Waals surface area contributed by atoms with E-state index in [4.69, 9.17) is 9.47 Å². The molecule has 1 fully saturated rings. The summed E-state index contributed by atoms with van der Waals surface area (Å²) in [6, 6.07) is 1.88. The Morgan fingerprint density at radius 3 is 2.86 bits per heavy atom. The number of aromatic nitrogens is 2. The van der Waals surface area contributed by atoms with Crippen molar-refractivity contribution in [3.8, 4) is 0 Å². The average Bonchev–Trinajstić information content (AvgIpc) is 2.97. The van der Waals surface area contributed by atoms with E-state index in [9.17, 15) is 4.79 Å². The van der Waals surface area contributed by atoms with Crippen molar-refractivity contribution in [2.45, 2.75) is 38.9 Å². The van der Waals surface area contributed by atoms with Crippen LogP contribution in [-0.2, 0) is 9.47 Å². The molecule has 2 heterocycles.